The third kappa shape index (κ3) is 4.39. The van der Waals surface area contributed by atoms with Gasteiger partial charge in [0.05, 0.1) is 18.8 Å². The van der Waals surface area contributed by atoms with Gasteiger partial charge in [-0.1, -0.05) is 0 Å². The van der Waals surface area contributed by atoms with Crippen molar-refractivity contribution < 1.29 is 4.74 Å². The summed E-state index contributed by atoms with van der Waals surface area (Å²) in [7, 11) is 0. The molecule has 1 N–H and O–H groups in total. The van der Waals surface area contributed by atoms with Gasteiger partial charge in [-0.3, -0.25) is 9.69 Å². The second-order valence-electron chi connectivity index (χ2n) is 7.94. The van der Waals surface area contributed by atoms with Crippen molar-refractivity contribution in [3.05, 3.63) is 40.6 Å². The Balaban J connectivity index is 0.00000120. The highest BCUT2D eigenvalue weighted by Crippen LogP contribution is 2.32. The van der Waals surface area contributed by atoms with Crippen LogP contribution in [0.4, 0.5) is 0 Å². The summed E-state index contributed by atoms with van der Waals surface area (Å²) in [5.74, 6) is 1.81. The van der Waals surface area contributed by atoms with Gasteiger partial charge in [0.25, 0.3) is 5.56 Å². The van der Waals surface area contributed by atoms with Crippen molar-refractivity contribution in [1.82, 2.24) is 24.3 Å². The number of pyridine rings is 1. The summed E-state index contributed by atoms with van der Waals surface area (Å²) in [6, 6.07) is 4.13. The minimum Gasteiger partial charge on any atom is -0.379 e. The van der Waals surface area contributed by atoms with Gasteiger partial charge in [-0.05, 0) is 31.0 Å². The van der Waals surface area contributed by atoms with Gasteiger partial charge >= 0.3 is 0 Å². The zero-order valence-electron chi connectivity index (χ0n) is 16.5. The monoisotopic (exact) mass is 441 g/mol. The van der Waals surface area contributed by atoms with Gasteiger partial charge in [0.1, 0.15) is 5.82 Å². The lowest BCUT2D eigenvalue weighted by Crippen LogP contribution is -2.45. The van der Waals surface area contributed by atoms with Crippen molar-refractivity contribution in [3.8, 4) is 11.4 Å². The maximum absolute atomic E-state index is 13.3. The highest BCUT2D eigenvalue weighted by molar-refractivity contribution is 5.85. The largest absolute Gasteiger partial charge is 0.379 e. The fourth-order valence-electron chi connectivity index (χ4n) is 4.77. The van der Waals surface area contributed by atoms with Crippen molar-refractivity contribution in [2.45, 2.75) is 25.4 Å². The Morgan fingerprint density at radius 1 is 1.14 bits per heavy atom. The first-order chi connectivity index (χ1) is 13.3. The van der Waals surface area contributed by atoms with E-state index in [-0.39, 0.29) is 30.4 Å². The Bertz CT molecular complexity index is 878. The smallest absolute Gasteiger partial charge is 0.261 e. The van der Waals surface area contributed by atoms with Crippen LogP contribution in [0.1, 0.15) is 18.0 Å². The molecule has 2 saturated heterocycles. The van der Waals surface area contributed by atoms with E-state index in [9.17, 15) is 4.79 Å². The van der Waals surface area contributed by atoms with Gasteiger partial charge in [0.2, 0.25) is 0 Å². The molecule has 2 aromatic rings. The second-order valence-corrected chi connectivity index (χ2v) is 7.94. The fourth-order valence-corrected chi connectivity index (χ4v) is 4.77. The van der Waals surface area contributed by atoms with E-state index in [1.54, 1.807) is 6.20 Å². The van der Waals surface area contributed by atoms with Crippen LogP contribution in [0.2, 0.25) is 0 Å². The van der Waals surface area contributed by atoms with Gasteiger partial charge in [0.15, 0.2) is 0 Å². The van der Waals surface area contributed by atoms with Gasteiger partial charge in [-0.25, -0.2) is 4.98 Å². The van der Waals surface area contributed by atoms with Crippen LogP contribution in [-0.4, -0.2) is 65.0 Å². The molecule has 5 rings (SSSR count). The Morgan fingerprint density at radius 3 is 2.79 bits per heavy atom. The molecule has 3 aliphatic rings. The first-order valence-electron chi connectivity index (χ1n) is 10.1. The highest BCUT2D eigenvalue weighted by atomic mass is 35.5. The molecule has 9 heteroatoms. The highest BCUT2D eigenvalue weighted by Gasteiger charge is 2.31. The fraction of sp³-hybridized carbons (Fsp3) is 0.600. The van der Waals surface area contributed by atoms with Crippen LogP contribution in [0.5, 0.6) is 0 Å². The third-order valence-corrected chi connectivity index (χ3v) is 6.23. The zero-order valence-corrected chi connectivity index (χ0v) is 18.1. The maximum atomic E-state index is 13.3. The summed E-state index contributed by atoms with van der Waals surface area (Å²) in [5.41, 5.74) is 2.01. The number of nitrogens with one attached hydrogen (secondary N) is 1. The van der Waals surface area contributed by atoms with E-state index in [2.05, 4.69) is 25.8 Å². The van der Waals surface area contributed by atoms with Gasteiger partial charge < -0.3 is 19.2 Å². The molecular formula is C20H29Cl2N5O2. The Kier molecular flexibility index (Phi) is 7.40. The van der Waals surface area contributed by atoms with Crippen molar-refractivity contribution in [2.75, 3.05) is 45.9 Å². The lowest BCUT2D eigenvalue weighted by Gasteiger charge is -2.37. The summed E-state index contributed by atoms with van der Waals surface area (Å²) >= 11 is 0. The molecular weight excluding hydrogens is 413 g/mol. The summed E-state index contributed by atoms with van der Waals surface area (Å²) in [6.07, 6.45) is 4.98. The van der Waals surface area contributed by atoms with Gasteiger partial charge in [-0.2, -0.15) is 0 Å². The number of hydrogen-bond donors (Lipinski definition) is 1. The van der Waals surface area contributed by atoms with E-state index < -0.39 is 0 Å². The van der Waals surface area contributed by atoms with E-state index in [1.807, 2.05) is 16.8 Å². The summed E-state index contributed by atoms with van der Waals surface area (Å²) < 4.78 is 9.55. The van der Waals surface area contributed by atoms with Crippen molar-refractivity contribution in [1.29, 1.82) is 0 Å². The van der Waals surface area contributed by atoms with Crippen LogP contribution in [0.15, 0.2) is 29.3 Å². The van der Waals surface area contributed by atoms with E-state index in [0.717, 1.165) is 70.4 Å². The zero-order chi connectivity index (χ0) is 18.2. The average Bonchev–Trinajstić information content (AvgIpc) is 3.17. The number of halogens is 2. The predicted octanol–water partition coefficient (Wildman–Crippen LogP) is 1.59. The van der Waals surface area contributed by atoms with Gasteiger partial charge in [0, 0.05) is 63.3 Å². The molecule has 7 nitrogen and oxygen atoms in total. The molecule has 160 valence electrons. The van der Waals surface area contributed by atoms with Crippen molar-refractivity contribution >= 4 is 24.8 Å². The third-order valence-electron chi connectivity index (χ3n) is 6.23. The van der Waals surface area contributed by atoms with Gasteiger partial charge in [-0.15, -0.1) is 24.8 Å². The topological polar surface area (TPSA) is 64.3 Å². The summed E-state index contributed by atoms with van der Waals surface area (Å²) in [6.45, 7) is 8.16. The predicted molar refractivity (Wildman–Crippen MR) is 117 cm³/mol. The van der Waals surface area contributed by atoms with Crippen molar-refractivity contribution in [3.63, 3.8) is 0 Å². The van der Waals surface area contributed by atoms with Crippen LogP contribution < -0.4 is 10.9 Å². The number of piperidine rings is 1. The molecule has 0 saturated carbocycles. The van der Waals surface area contributed by atoms with Crippen LogP contribution in [0, 0.1) is 5.92 Å². The first-order valence-corrected chi connectivity index (χ1v) is 10.1. The molecule has 0 radical (unpaired) electrons. The van der Waals surface area contributed by atoms with E-state index in [1.165, 1.54) is 12.1 Å². The molecule has 0 aliphatic carbocycles. The minimum atomic E-state index is 0. The number of rotatable bonds is 4. The molecule has 3 aliphatic heterocycles. The standard InChI is InChI=1S/C20H27N5O2.2ClH/c26-20-17(1-2-18-16-11-15(12-21-13-16)14-25(18)20)19-22-3-4-24(19)6-5-23-7-9-27-10-8-23;;/h1-4,15-16,21H,5-14H2;2*1H/t15-,16+;;/m0../s1. The minimum absolute atomic E-state index is 0. The van der Waals surface area contributed by atoms with Crippen LogP contribution in [0.3, 0.4) is 0 Å². The average molecular weight is 442 g/mol. The lowest BCUT2D eigenvalue weighted by molar-refractivity contribution is 0.0364. The Hall–Kier alpha value is -1.38. The van der Waals surface area contributed by atoms with Crippen LogP contribution in [0.25, 0.3) is 11.4 Å². The van der Waals surface area contributed by atoms with Crippen molar-refractivity contribution in [2.24, 2.45) is 5.92 Å². The summed E-state index contributed by atoms with van der Waals surface area (Å²) in [4.78, 5) is 20.2. The number of ether oxygens (including phenoxy) is 1. The molecule has 0 spiro atoms. The lowest BCUT2D eigenvalue weighted by atomic mass is 9.84. The number of fused-ring (bicyclic) bond motifs is 4. The molecule has 2 fully saturated rings. The van der Waals surface area contributed by atoms with Crippen LogP contribution in [-0.2, 0) is 17.8 Å². The maximum Gasteiger partial charge on any atom is 0.261 e. The molecule has 2 bridgehead atoms. The van der Waals surface area contributed by atoms with E-state index in [0.29, 0.717) is 11.8 Å². The van der Waals surface area contributed by atoms with E-state index >= 15 is 0 Å². The number of morpholine rings is 1. The first kappa shape index (κ1) is 22.3. The number of hydrogen-bond acceptors (Lipinski definition) is 5. The number of aromatic nitrogens is 3. The molecule has 0 amide bonds. The molecule has 0 unspecified atom stereocenters. The normalized spacial score (nSPS) is 23.6. The second kappa shape index (κ2) is 9.62. The molecule has 5 heterocycles. The van der Waals surface area contributed by atoms with Crippen LogP contribution >= 0.6 is 24.8 Å². The SMILES string of the molecule is Cl.Cl.O=c1c(-c2nccn2CCN2CCOCC2)ccc2n1C[C@@H]1CNC[C@H]2C1. The molecule has 29 heavy (non-hydrogen) atoms. The Labute approximate surface area is 183 Å². The molecule has 2 aromatic heterocycles. The number of nitrogens with zero attached hydrogens (tertiary/aromatic N) is 4. The number of imidazole rings is 1. The van der Waals surface area contributed by atoms with E-state index in [4.69, 9.17) is 4.74 Å². The Morgan fingerprint density at radius 2 is 1.97 bits per heavy atom. The molecule has 0 aromatic carbocycles. The quantitative estimate of drug-likeness (QED) is 0.780. The summed E-state index contributed by atoms with van der Waals surface area (Å²) in [5, 5.41) is 3.50. The molecule has 2 atom stereocenters.